The molecule has 2 nitrogen and oxygen atoms in total. The maximum absolute atomic E-state index is 11.8. The van der Waals surface area contributed by atoms with Crippen LogP contribution < -0.4 is 0 Å². The Bertz CT molecular complexity index is 529. The Labute approximate surface area is 108 Å². The molecule has 0 amide bonds. The first-order valence-electron chi connectivity index (χ1n) is 6.33. The van der Waals surface area contributed by atoms with E-state index in [1.165, 1.54) is 5.56 Å². The van der Waals surface area contributed by atoms with E-state index in [-0.39, 0.29) is 5.97 Å². The lowest BCUT2D eigenvalue weighted by Gasteiger charge is -2.03. The molecule has 0 N–H and O–H groups in total. The molecule has 0 atom stereocenters. The van der Waals surface area contributed by atoms with Gasteiger partial charge in [0, 0.05) is 0 Å². The lowest BCUT2D eigenvalue weighted by Crippen LogP contribution is -2.03. The minimum absolute atomic E-state index is 0.246. The van der Waals surface area contributed by atoms with Gasteiger partial charge in [0.05, 0.1) is 12.2 Å². The van der Waals surface area contributed by atoms with Gasteiger partial charge in [-0.25, -0.2) is 4.79 Å². The molecule has 0 fully saturated rings. The molecule has 0 spiro atoms. The zero-order valence-electron chi connectivity index (χ0n) is 11.1. The smallest absolute Gasteiger partial charge is 0.338 e. The minimum atomic E-state index is -0.246. The molecule has 2 aliphatic rings. The molecule has 0 aliphatic heterocycles. The molecule has 0 radical (unpaired) electrons. The third-order valence-electron chi connectivity index (χ3n) is 3.07. The van der Waals surface area contributed by atoms with Gasteiger partial charge in [-0.1, -0.05) is 44.2 Å². The van der Waals surface area contributed by atoms with Crippen LogP contribution in [0, 0.1) is 0 Å². The molecule has 2 aliphatic carbocycles. The van der Waals surface area contributed by atoms with Crippen molar-refractivity contribution in [1.82, 2.24) is 0 Å². The van der Waals surface area contributed by atoms with Gasteiger partial charge in [-0.05, 0) is 35.6 Å². The fourth-order valence-electron chi connectivity index (χ4n) is 2.05. The van der Waals surface area contributed by atoms with Gasteiger partial charge in [-0.2, -0.15) is 0 Å². The lowest BCUT2D eigenvalue weighted by atomic mass is 10.0. The van der Waals surface area contributed by atoms with Gasteiger partial charge in [0.2, 0.25) is 0 Å². The maximum atomic E-state index is 11.8. The Hall–Kier alpha value is -1.83. The SMILES string of the molecule is CCOC(=O)c1ccc2cc(C(C)C)cccc1-2. The van der Waals surface area contributed by atoms with Gasteiger partial charge in [0.1, 0.15) is 0 Å². The van der Waals surface area contributed by atoms with Crippen molar-refractivity contribution in [1.29, 1.82) is 0 Å². The zero-order valence-corrected chi connectivity index (χ0v) is 11.1. The molecule has 0 bridgehead atoms. The molecule has 2 heteroatoms. The number of hydrogen-bond acceptors (Lipinski definition) is 2. The lowest BCUT2D eigenvalue weighted by molar-refractivity contribution is 0.0528. The second-order valence-corrected chi connectivity index (χ2v) is 4.66. The van der Waals surface area contributed by atoms with E-state index in [0.29, 0.717) is 18.1 Å². The van der Waals surface area contributed by atoms with Crippen molar-refractivity contribution < 1.29 is 9.53 Å². The van der Waals surface area contributed by atoms with Crippen molar-refractivity contribution in [3.63, 3.8) is 0 Å². The van der Waals surface area contributed by atoms with E-state index in [0.717, 1.165) is 11.1 Å². The molecule has 0 unspecified atom stereocenters. The number of fused-ring (bicyclic) bond motifs is 1. The summed E-state index contributed by atoms with van der Waals surface area (Å²) in [7, 11) is 0. The molecular weight excluding hydrogens is 224 g/mol. The third-order valence-corrected chi connectivity index (χ3v) is 3.07. The van der Waals surface area contributed by atoms with Gasteiger partial charge < -0.3 is 4.74 Å². The van der Waals surface area contributed by atoms with E-state index >= 15 is 0 Å². The Morgan fingerprint density at radius 3 is 2.67 bits per heavy atom. The summed E-state index contributed by atoms with van der Waals surface area (Å²) in [6.45, 7) is 6.55. The van der Waals surface area contributed by atoms with E-state index in [1.54, 1.807) is 0 Å². The van der Waals surface area contributed by atoms with Crippen molar-refractivity contribution in [3.05, 3.63) is 47.5 Å². The van der Waals surface area contributed by atoms with Crippen LogP contribution >= 0.6 is 0 Å². The van der Waals surface area contributed by atoms with Gasteiger partial charge in [-0.15, -0.1) is 0 Å². The first-order valence-corrected chi connectivity index (χ1v) is 6.33. The fourth-order valence-corrected chi connectivity index (χ4v) is 2.05. The molecule has 0 heterocycles. The van der Waals surface area contributed by atoms with Crippen LogP contribution in [0.2, 0.25) is 0 Å². The molecule has 94 valence electrons. The van der Waals surface area contributed by atoms with Crippen molar-refractivity contribution >= 4 is 5.97 Å². The van der Waals surface area contributed by atoms with Crippen LogP contribution in [0.3, 0.4) is 0 Å². The highest BCUT2D eigenvalue weighted by Crippen LogP contribution is 2.30. The first kappa shape index (κ1) is 12.6. The highest BCUT2D eigenvalue weighted by Gasteiger charge is 2.16. The molecule has 2 rings (SSSR count). The molecule has 0 aromatic heterocycles. The topological polar surface area (TPSA) is 26.3 Å². The number of esters is 1. The van der Waals surface area contributed by atoms with Gasteiger partial charge in [0.25, 0.3) is 0 Å². The second-order valence-electron chi connectivity index (χ2n) is 4.66. The number of carbonyl (C=O) groups is 1. The number of carbonyl (C=O) groups excluding carboxylic acids is 1. The summed E-state index contributed by atoms with van der Waals surface area (Å²) in [4.78, 5) is 11.8. The third kappa shape index (κ3) is 2.37. The molecule has 0 aromatic carbocycles. The van der Waals surface area contributed by atoms with Crippen molar-refractivity contribution in [2.45, 2.75) is 26.7 Å². The van der Waals surface area contributed by atoms with Gasteiger partial charge in [-0.3, -0.25) is 0 Å². The standard InChI is InChI=1S/C16H18O2/c1-4-18-16(17)15-9-8-13-10-12(11(2)3)6-5-7-14(13)15/h5-11H,4H2,1-3H3. The summed E-state index contributed by atoms with van der Waals surface area (Å²) in [5.74, 6) is 0.228. The summed E-state index contributed by atoms with van der Waals surface area (Å²) in [6.07, 6.45) is 0. The monoisotopic (exact) mass is 242 g/mol. The Kier molecular flexibility index (Phi) is 3.66. The summed E-state index contributed by atoms with van der Waals surface area (Å²) in [5, 5.41) is 0. The van der Waals surface area contributed by atoms with Crippen LogP contribution in [0.4, 0.5) is 0 Å². The number of rotatable bonds is 3. The van der Waals surface area contributed by atoms with Crippen LogP contribution in [0.5, 0.6) is 0 Å². The fraction of sp³-hybridized carbons (Fsp3) is 0.312. The predicted molar refractivity (Wildman–Crippen MR) is 73.1 cm³/mol. The summed E-state index contributed by atoms with van der Waals surface area (Å²) < 4.78 is 5.06. The highest BCUT2D eigenvalue weighted by molar-refractivity contribution is 5.98. The van der Waals surface area contributed by atoms with E-state index in [9.17, 15) is 4.79 Å². The predicted octanol–water partition coefficient (Wildman–Crippen LogP) is 4.09. The Balaban J connectivity index is 2.45. The molecule has 0 saturated heterocycles. The first-order chi connectivity index (χ1) is 8.63. The van der Waals surface area contributed by atoms with Crippen molar-refractivity contribution in [2.75, 3.05) is 6.61 Å². The average Bonchev–Trinajstić information content (AvgIpc) is 2.59. The van der Waals surface area contributed by atoms with Crippen LogP contribution in [-0.4, -0.2) is 12.6 Å². The average molecular weight is 242 g/mol. The quantitative estimate of drug-likeness (QED) is 0.758. The van der Waals surface area contributed by atoms with Crippen LogP contribution in [0.15, 0.2) is 36.4 Å². The molecule has 0 saturated carbocycles. The van der Waals surface area contributed by atoms with Crippen LogP contribution in [0.25, 0.3) is 11.1 Å². The Morgan fingerprint density at radius 2 is 2.00 bits per heavy atom. The summed E-state index contributed by atoms with van der Waals surface area (Å²) in [6, 6.07) is 12.0. The van der Waals surface area contributed by atoms with Gasteiger partial charge in [0.15, 0.2) is 0 Å². The zero-order chi connectivity index (χ0) is 13.1. The largest absolute Gasteiger partial charge is 0.462 e. The molecule has 18 heavy (non-hydrogen) atoms. The maximum Gasteiger partial charge on any atom is 0.338 e. The summed E-state index contributed by atoms with van der Waals surface area (Å²) >= 11 is 0. The second kappa shape index (κ2) is 5.21. The minimum Gasteiger partial charge on any atom is -0.462 e. The Morgan fingerprint density at radius 1 is 1.22 bits per heavy atom. The van der Waals surface area contributed by atoms with E-state index < -0.39 is 0 Å². The summed E-state index contributed by atoms with van der Waals surface area (Å²) in [5.41, 5.74) is 3.97. The van der Waals surface area contributed by atoms with Crippen LogP contribution in [0.1, 0.15) is 42.6 Å². The van der Waals surface area contributed by atoms with Crippen molar-refractivity contribution in [3.8, 4) is 11.1 Å². The van der Waals surface area contributed by atoms with E-state index in [1.807, 2.05) is 31.2 Å². The molecule has 0 aromatic rings. The molecular formula is C16H18O2. The number of ether oxygens (including phenoxy) is 1. The van der Waals surface area contributed by atoms with Gasteiger partial charge >= 0.3 is 5.97 Å². The van der Waals surface area contributed by atoms with E-state index in [2.05, 4.69) is 26.0 Å². The van der Waals surface area contributed by atoms with Crippen LogP contribution in [-0.2, 0) is 4.74 Å². The van der Waals surface area contributed by atoms with Crippen molar-refractivity contribution in [2.24, 2.45) is 0 Å². The number of hydrogen-bond donors (Lipinski definition) is 0. The highest BCUT2D eigenvalue weighted by atomic mass is 16.5. The normalized spacial score (nSPS) is 10.9. The van der Waals surface area contributed by atoms with E-state index in [4.69, 9.17) is 4.74 Å².